The molecule has 1 aromatic carbocycles. The number of nitrogens with zero attached hydrogens (tertiary/aromatic N) is 2. The van der Waals surface area contributed by atoms with Gasteiger partial charge in [0.05, 0.1) is 18.3 Å². The molecule has 3 aromatic rings. The first-order chi connectivity index (χ1) is 12.0. The molecule has 1 atom stereocenters. The zero-order chi connectivity index (χ0) is 17.6. The molecule has 1 unspecified atom stereocenters. The van der Waals surface area contributed by atoms with Crippen LogP contribution in [0.5, 0.6) is 0 Å². The van der Waals surface area contributed by atoms with Crippen LogP contribution in [-0.4, -0.2) is 15.3 Å². The highest BCUT2D eigenvalue weighted by atomic mass is 32.1. The van der Waals surface area contributed by atoms with Crippen molar-refractivity contribution in [3.05, 3.63) is 62.8 Å². The van der Waals surface area contributed by atoms with Crippen LogP contribution in [0, 0.1) is 11.7 Å². The van der Waals surface area contributed by atoms with E-state index in [0.29, 0.717) is 16.9 Å². The van der Waals surface area contributed by atoms with Gasteiger partial charge >= 0.3 is 0 Å². The fraction of sp³-hybridized carbons (Fsp3) is 0.316. The second-order valence-corrected chi connectivity index (χ2v) is 7.72. The van der Waals surface area contributed by atoms with Crippen molar-refractivity contribution in [2.45, 2.75) is 32.7 Å². The summed E-state index contributed by atoms with van der Waals surface area (Å²) >= 11 is 1.59. The van der Waals surface area contributed by atoms with Crippen LogP contribution in [0.15, 0.2) is 35.4 Å². The molecule has 0 amide bonds. The Balaban J connectivity index is 1.71. The molecule has 2 heterocycles. The molecule has 128 valence electrons. The molecule has 0 saturated carbocycles. The zero-order valence-electron chi connectivity index (χ0n) is 13.8. The molecule has 0 saturated heterocycles. The number of benzene rings is 1. The molecular formula is C19H17FN2O2S. The molecule has 25 heavy (non-hydrogen) atoms. The number of Topliss-reactive ketones (excluding diaryl/α,β-unsaturated/α-hetero) is 1. The van der Waals surface area contributed by atoms with Crippen molar-refractivity contribution >= 4 is 27.3 Å². The van der Waals surface area contributed by atoms with Gasteiger partial charge in [-0.3, -0.25) is 14.2 Å². The Morgan fingerprint density at radius 1 is 1.36 bits per heavy atom. The van der Waals surface area contributed by atoms with Crippen LogP contribution < -0.4 is 5.56 Å². The highest BCUT2D eigenvalue weighted by Gasteiger charge is 2.23. The van der Waals surface area contributed by atoms with Crippen molar-refractivity contribution in [2.24, 2.45) is 5.92 Å². The Morgan fingerprint density at radius 2 is 2.12 bits per heavy atom. The summed E-state index contributed by atoms with van der Waals surface area (Å²) in [5, 5.41) is 0.668. The fourth-order valence-corrected chi connectivity index (χ4v) is 4.70. The van der Waals surface area contributed by atoms with Gasteiger partial charge in [-0.15, -0.1) is 11.3 Å². The van der Waals surface area contributed by atoms with E-state index in [1.54, 1.807) is 11.3 Å². The van der Waals surface area contributed by atoms with Crippen molar-refractivity contribution in [2.75, 3.05) is 0 Å². The maximum absolute atomic E-state index is 13.0. The number of hydrogen-bond acceptors (Lipinski definition) is 4. The first-order valence-corrected chi connectivity index (χ1v) is 9.13. The minimum Gasteiger partial charge on any atom is -0.292 e. The predicted octanol–water partition coefficient (Wildman–Crippen LogP) is 3.60. The van der Waals surface area contributed by atoms with Crippen LogP contribution >= 0.6 is 11.3 Å². The third-order valence-corrected chi connectivity index (χ3v) is 5.92. The second kappa shape index (κ2) is 6.19. The van der Waals surface area contributed by atoms with Crippen LogP contribution in [0.3, 0.4) is 0 Å². The number of fused-ring (bicyclic) bond motifs is 3. The van der Waals surface area contributed by atoms with Crippen molar-refractivity contribution in [1.29, 1.82) is 0 Å². The standard InChI is InChI=1S/C19H17FN2O2S/c1-11-2-7-14-16(8-11)25-18-17(14)19(24)22(10-21-18)9-15(23)12-3-5-13(20)6-4-12/h3-6,10-11H,2,7-9H2,1H3. The fourth-order valence-electron chi connectivity index (χ4n) is 3.36. The Kier molecular flexibility index (Phi) is 4.00. The van der Waals surface area contributed by atoms with Crippen molar-refractivity contribution < 1.29 is 9.18 Å². The van der Waals surface area contributed by atoms with Crippen LogP contribution in [0.2, 0.25) is 0 Å². The molecule has 6 heteroatoms. The van der Waals surface area contributed by atoms with E-state index in [0.717, 1.165) is 29.7 Å². The Morgan fingerprint density at radius 3 is 2.88 bits per heavy atom. The van der Waals surface area contributed by atoms with Crippen LogP contribution in [0.4, 0.5) is 4.39 Å². The Bertz CT molecular complexity index is 1020. The molecule has 1 aliphatic carbocycles. The highest BCUT2D eigenvalue weighted by molar-refractivity contribution is 7.18. The largest absolute Gasteiger partial charge is 0.292 e. The lowest BCUT2D eigenvalue weighted by Crippen LogP contribution is -2.25. The van der Waals surface area contributed by atoms with Gasteiger partial charge in [0.1, 0.15) is 10.6 Å². The van der Waals surface area contributed by atoms with Gasteiger partial charge in [-0.25, -0.2) is 9.37 Å². The quantitative estimate of drug-likeness (QED) is 0.674. The van der Waals surface area contributed by atoms with Gasteiger partial charge in [0.15, 0.2) is 5.78 Å². The van der Waals surface area contributed by atoms with E-state index in [4.69, 9.17) is 0 Å². The smallest absolute Gasteiger partial charge is 0.262 e. The molecule has 0 radical (unpaired) electrons. The summed E-state index contributed by atoms with van der Waals surface area (Å²) in [7, 11) is 0. The number of ketones is 1. The molecular weight excluding hydrogens is 339 g/mol. The number of carbonyl (C=O) groups is 1. The normalized spacial score (nSPS) is 16.8. The Labute approximate surface area is 147 Å². The van der Waals surface area contributed by atoms with E-state index in [-0.39, 0.29) is 17.9 Å². The summed E-state index contributed by atoms with van der Waals surface area (Å²) in [5.74, 6) is -0.000237. The third-order valence-electron chi connectivity index (χ3n) is 4.76. The molecule has 0 N–H and O–H groups in total. The average Bonchev–Trinajstić information content (AvgIpc) is 2.96. The number of carbonyl (C=O) groups excluding carboxylic acids is 1. The number of aryl methyl sites for hydroxylation is 1. The number of halogens is 1. The van der Waals surface area contributed by atoms with E-state index in [1.807, 2.05) is 0 Å². The lowest BCUT2D eigenvalue weighted by atomic mass is 9.89. The van der Waals surface area contributed by atoms with Crippen molar-refractivity contribution in [3.8, 4) is 0 Å². The summed E-state index contributed by atoms with van der Waals surface area (Å²) in [4.78, 5) is 31.7. The topological polar surface area (TPSA) is 52.0 Å². The third kappa shape index (κ3) is 2.91. The van der Waals surface area contributed by atoms with E-state index in [2.05, 4.69) is 11.9 Å². The monoisotopic (exact) mass is 356 g/mol. The first-order valence-electron chi connectivity index (χ1n) is 8.31. The van der Waals surface area contributed by atoms with Crippen LogP contribution in [0.1, 0.15) is 34.1 Å². The van der Waals surface area contributed by atoms with Gasteiger partial charge in [-0.2, -0.15) is 0 Å². The van der Waals surface area contributed by atoms with Crippen molar-refractivity contribution in [3.63, 3.8) is 0 Å². The molecule has 0 aliphatic heterocycles. The van der Waals surface area contributed by atoms with E-state index < -0.39 is 5.82 Å². The molecule has 4 rings (SSSR count). The van der Waals surface area contributed by atoms with E-state index in [1.165, 1.54) is 40.0 Å². The Hall–Kier alpha value is -2.34. The van der Waals surface area contributed by atoms with Gasteiger partial charge in [0, 0.05) is 10.4 Å². The number of aromatic nitrogens is 2. The summed E-state index contributed by atoms with van der Waals surface area (Å²) in [6.45, 7) is 2.13. The maximum Gasteiger partial charge on any atom is 0.262 e. The lowest BCUT2D eigenvalue weighted by Gasteiger charge is -2.17. The van der Waals surface area contributed by atoms with Crippen LogP contribution in [0.25, 0.3) is 10.2 Å². The van der Waals surface area contributed by atoms with Gasteiger partial charge < -0.3 is 0 Å². The van der Waals surface area contributed by atoms with Gasteiger partial charge in [0.25, 0.3) is 5.56 Å². The SMILES string of the molecule is CC1CCc2c(sc3ncn(CC(=O)c4ccc(F)cc4)c(=O)c23)C1. The molecule has 0 bridgehead atoms. The molecule has 0 fully saturated rings. The van der Waals surface area contributed by atoms with E-state index in [9.17, 15) is 14.0 Å². The zero-order valence-corrected chi connectivity index (χ0v) is 14.6. The minimum atomic E-state index is -0.393. The van der Waals surface area contributed by atoms with Gasteiger partial charge in [0.2, 0.25) is 0 Å². The summed E-state index contributed by atoms with van der Waals surface area (Å²) in [6.07, 6.45) is 4.40. The van der Waals surface area contributed by atoms with Crippen LogP contribution in [-0.2, 0) is 19.4 Å². The number of thiophene rings is 1. The first kappa shape index (κ1) is 16.1. The average molecular weight is 356 g/mol. The summed E-state index contributed by atoms with van der Waals surface area (Å²) < 4.78 is 14.4. The molecule has 2 aromatic heterocycles. The molecule has 0 spiro atoms. The van der Waals surface area contributed by atoms with E-state index >= 15 is 0 Å². The second-order valence-electron chi connectivity index (χ2n) is 6.64. The summed E-state index contributed by atoms with van der Waals surface area (Å²) in [6, 6.07) is 5.35. The maximum atomic E-state index is 13.0. The number of hydrogen-bond donors (Lipinski definition) is 0. The van der Waals surface area contributed by atoms with Crippen molar-refractivity contribution in [1.82, 2.24) is 9.55 Å². The summed E-state index contributed by atoms with van der Waals surface area (Å²) in [5.41, 5.74) is 1.33. The molecule has 1 aliphatic rings. The number of rotatable bonds is 3. The molecule has 4 nitrogen and oxygen atoms in total. The highest BCUT2D eigenvalue weighted by Crippen LogP contribution is 2.35. The lowest BCUT2D eigenvalue weighted by molar-refractivity contribution is 0.0970. The minimum absolute atomic E-state index is 0.0889. The predicted molar refractivity (Wildman–Crippen MR) is 95.8 cm³/mol. The van der Waals surface area contributed by atoms with Gasteiger partial charge in [-0.1, -0.05) is 6.92 Å². The van der Waals surface area contributed by atoms with Gasteiger partial charge in [-0.05, 0) is 55.0 Å².